The number of nitrogens with zero attached hydrogens (tertiary/aromatic N) is 3. The summed E-state index contributed by atoms with van der Waals surface area (Å²) in [4.78, 5) is 14.8. The highest BCUT2D eigenvalue weighted by molar-refractivity contribution is 5.69. The molecule has 0 aliphatic carbocycles. The molecule has 90 valence electrons. The van der Waals surface area contributed by atoms with Gasteiger partial charge < -0.3 is 5.11 Å². The van der Waals surface area contributed by atoms with Gasteiger partial charge in [0.1, 0.15) is 0 Å². The van der Waals surface area contributed by atoms with Crippen LogP contribution in [0.4, 0.5) is 0 Å². The Morgan fingerprint density at radius 1 is 1.41 bits per heavy atom. The molecule has 0 radical (unpaired) electrons. The zero-order valence-electron chi connectivity index (χ0n) is 9.92. The van der Waals surface area contributed by atoms with Crippen molar-refractivity contribution < 1.29 is 9.90 Å². The molecule has 17 heavy (non-hydrogen) atoms. The van der Waals surface area contributed by atoms with Crippen molar-refractivity contribution in [2.75, 3.05) is 0 Å². The maximum absolute atomic E-state index is 10.6. The highest BCUT2D eigenvalue weighted by atomic mass is 16.4. The number of carboxylic acid groups (broad SMARTS) is 1. The van der Waals surface area contributed by atoms with E-state index in [1.165, 1.54) is 0 Å². The van der Waals surface area contributed by atoms with E-state index in [4.69, 9.17) is 5.11 Å². The Balaban J connectivity index is 2.30. The van der Waals surface area contributed by atoms with Crippen LogP contribution in [0.15, 0.2) is 18.3 Å². The molecule has 1 N–H and O–H groups in total. The number of hydrogen-bond donors (Lipinski definition) is 1. The van der Waals surface area contributed by atoms with Crippen LogP contribution in [0.2, 0.25) is 0 Å². The molecule has 0 spiro atoms. The molecule has 0 fully saturated rings. The second-order valence-corrected chi connectivity index (χ2v) is 4.53. The molecule has 5 heteroatoms. The third-order valence-corrected chi connectivity index (χ3v) is 2.37. The number of imidazole rings is 1. The first-order chi connectivity index (χ1) is 8.04. The Hall–Kier alpha value is -1.91. The molecule has 5 nitrogen and oxygen atoms in total. The summed E-state index contributed by atoms with van der Waals surface area (Å²) in [7, 11) is 0. The van der Waals surface area contributed by atoms with Gasteiger partial charge >= 0.3 is 5.97 Å². The minimum absolute atomic E-state index is 0.0666. The van der Waals surface area contributed by atoms with E-state index in [9.17, 15) is 4.79 Å². The number of aliphatic carboxylic acids is 1. The van der Waals surface area contributed by atoms with Crippen molar-refractivity contribution in [1.29, 1.82) is 0 Å². The lowest BCUT2D eigenvalue weighted by atomic mass is 10.1. The first-order valence-electron chi connectivity index (χ1n) is 5.60. The molecule has 0 aromatic carbocycles. The number of rotatable bonds is 4. The number of carbonyl (C=O) groups is 1. The summed E-state index contributed by atoms with van der Waals surface area (Å²) < 4.78 is 1.65. The topological polar surface area (TPSA) is 67.5 Å². The van der Waals surface area contributed by atoms with Crippen molar-refractivity contribution in [1.82, 2.24) is 14.6 Å². The molecule has 0 aliphatic heterocycles. The Morgan fingerprint density at radius 2 is 2.18 bits per heavy atom. The van der Waals surface area contributed by atoms with Gasteiger partial charge in [-0.2, -0.15) is 5.10 Å². The third kappa shape index (κ3) is 2.81. The molecule has 0 saturated heterocycles. The fourth-order valence-electron chi connectivity index (χ4n) is 1.74. The standard InChI is InChI=1S/C12H15N3O2/c1-8(2)5-9-3-4-11-13-10(6-12(16)17)7-15(11)14-9/h3-4,7-8H,5-6H2,1-2H3,(H,16,17). The van der Waals surface area contributed by atoms with Crippen molar-refractivity contribution >= 4 is 11.6 Å². The fraction of sp³-hybridized carbons (Fsp3) is 0.417. The van der Waals surface area contributed by atoms with Gasteiger partial charge in [-0.3, -0.25) is 4.79 Å². The number of fused-ring (bicyclic) bond motifs is 1. The van der Waals surface area contributed by atoms with Crippen LogP contribution in [0.5, 0.6) is 0 Å². The van der Waals surface area contributed by atoms with Gasteiger partial charge in [0, 0.05) is 0 Å². The highest BCUT2D eigenvalue weighted by Crippen LogP contribution is 2.09. The molecule has 0 aliphatic rings. The Bertz CT molecular complexity index is 546. The van der Waals surface area contributed by atoms with E-state index in [0.717, 1.165) is 12.1 Å². The molecule has 0 atom stereocenters. The summed E-state index contributed by atoms with van der Waals surface area (Å²) >= 11 is 0. The lowest BCUT2D eigenvalue weighted by Crippen LogP contribution is -2.01. The summed E-state index contributed by atoms with van der Waals surface area (Å²) in [6, 6.07) is 3.81. The minimum atomic E-state index is -0.879. The first kappa shape index (κ1) is 11.6. The van der Waals surface area contributed by atoms with E-state index in [2.05, 4.69) is 23.9 Å². The van der Waals surface area contributed by atoms with Crippen LogP contribution in [0.25, 0.3) is 5.65 Å². The van der Waals surface area contributed by atoms with E-state index >= 15 is 0 Å². The Morgan fingerprint density at radius 3 is 2.82 bits per heavy atom. The van der Waals surface area contributed by atoms with Crippen LogP contribution in [-0.2, 0) is 17.6 Å². The van der Waals surface area contributed by atoms with E-state index < -0.39 is 5.97 Å². The second kappa shape index (κ2) is 4.53. The normalized spacial score (nSPS) is 11.2. The monoisotopic (exact) mass is 233 g/mol. The van der Waals surface area contributed by atoms with Crippen molar-refractivity contribution in [3.05, 3.63) is 29.7 Å². The SMILES string of the molecule is CC(C)Cc1ccc2nc(CC(=O)O)cn2n1. The molecular weight excluding hydrogens is 218 g/mol. The average molecular weight is 233 g/mol. The maximum Gasteiger partial charge on any atom is 0.309 e. The Labute approximate surface area is 99.1 Å². The van der Waals surface area contributed by atoms with Gasteiger partial charge in [-0.15, -0.1) is 0 Å². The number of aromatic nitrogens is 3. The molecule has 0 saturated carbocycles. The molecule has 0 amide bonds. The third-order valence-electron chi connectivity index (χ3n) is 2.37. The smallest absolute Gasteiger partial charge is 0.309 e. The van der Waals surface area contributed by atoms with Crippen molar-refractivity contribution in [3.63, 3.8) is 0 Å². The summed E-state index contributed by atoms with van der Waals surface area (Å²) in [6.45, 7) is 4.27. The molecule has 2 aromatic rings. The van der Waals surface area contributed by atoms with Gasteiger partial charge in [-0.1, -0.05) is 13.8 Å². The van der Waals surface area contributed by atoms with Crippen molar-refractivity contribution in [3.8, 4) is 0 Å². The summed E-state index contributed by atoms with van der Waals surface area (Å²) in [5.41, 5.74) is 2.22. The predicted molar refractivity (Wildman–Crippen MR) is 62.9 cm³/mol. The summed E-state index contributed by atoms with van der Waals surface area (Å²) in [5.74, 6) is -0.335. The maximum atomic E-state index is 10.6. The van der Waals surface area contributed by atoms with Crippen LogP contribution < -0.4 is 0 Å². The lowest BCUT2D eigenvalue weighted by molar-refractivity contribution is -0.136. The molecule has 0 unspecified atom stereocenters. The zero-order valence-corrected chi connectivity index (χ0v) is 9.92. The number of carboxylic acids is 1. The van der Waals surface area contributed by atoms with Gasteiger partial charge in [-0.05, 0) is 24.5 Å². The van der Waals surface area contributed by atoms with E-state index in [1.54, 1.807) is 10.7 Å². The van der Waals surface area contributed by atoms with Crippen molar-refractivity contribution in [2.45, 2.75) is 26.7 Å². The second-order valence-electron chi connectivity index (χ2n) is 4.53. The average Bonchev–Trinajstić information content (AvgIpc) is 2.56. The summed E-state index contributed by atoms with van der Waals surface area (Å²) in [6.07, 6.45) is 2.51. The van der Waals surface area contributed by atoms with Crippen LogP contribution in [-0.4, -0.2) is 25.7 Å². The number of hydrogen-bond acceptors (Lipinski definition) is 3. The van der Waals surface area contributed by atoms with Gasteiger partial charge in [0.05, 0.1) is 24.0 Å². The summed E-state index contributed by atoms with van der Waals surface area (Å²) in [5, 5.41) is 13.1. The van der Waals surface area contributed by atoms with E-state index in [1.807, 2.05) is 12.1 Å². The van der Waals surface area contributed by atoms with Gasteiger partial charge in [-0.25, -0.2) is 9.50 Å². The lowest BCUT2D eigenvalue weighted by Gasteiger charge is -2.03. The van der Waals surface area contributed by atoms with E-state index in [-0.39, 0.29) is 6.42 Å². The minimum Gasteiger partial charge on any atom is -0.481 e. The van der Waals surface area contributed by atoms with Crippen LogP contribution in [0.1, 0.15) is 25.2 Å². The largest absolute Gasteiger partial charge is 0.481 e. The highest BCUT2D eigenvalue weighted by Gasteiger charge is 2.07. The van der Waals surface area contributed by atoms with Gasteiger partial charge in [0.15, 0.2) is 5.65 Å². The van der Waals surface area contributed by atoms with Crippen LogP contribution >= 0.6 is 0 Å². The molecule has 0 bridgehead atoms. The first-order valence-corrected chi connectivity index (χ1v) is 5.60. The quantitative estimate of drug-likeness (QED) is 0.870. The van der Waals surface area contributed by atoms with Crippen LogP contribution in [0.3, 0.4) is 0 Å². The van der Waals surface area contributed by atoms with Crippen LogP contribution in [0, 0.1) is 5.92 Å². The van der Waals surface area contributed by atoms with E-state index in [0.29, 0.717) is 17.3 Å². The van der Waals surface area contributed by atoms with Gasteiger partial charge in [0.25, 0.3) is 0 Å². The van der Waals surface area contributed by atoms with Gasteiger partial charge in [0.2, 0.25) is 0 Å². The molecule has 2 heterocycles. The van der Waals surface area contributed by atoms with Crippen molar-refractivity contribution in [2.24, 2.45) is 5.92 Å². The zero-order chi connectivity index (χ0) is 12.4. The molecule has 2 rings (SSSR count). The predicted octanol–water partition coefficient (Wildman–Crippen LogP) is 1.55. The molecular formula is C12H15N3O2. The Kier molecular flexibility index (Phi) is 3.08. The fourth-order valence-corrected chi connectivity index (χ4v) is 1.74. The molecule has 2 aromatic heterocycles.